The lowest BCUT2D eigenvalue weighted by atomic mass is 10.0. The Labute approximate surface area is 438 Å². The Bertz CT molecular complexity index is 1520. The lowest BCUT2D eigenvalue weighted by molar-refractivity contribution is -0.870. The first-order chi connectivity index (χ1) is 34.5. The van der Waals surface area contributed by atoms with Gasteiger partial charge in [-0.1, -0.05) is 245 Å². The number of phosphoric ester groups is 1. The Morgan fingerprint density at radius 2 is 0.845 bits per heavy atom. The highest BCUT2D eigenvalue weighted by molar-refractivity contribution is 7.47. The maximum absolute atomic E-state index is 13.0. The summed E-state index contributed by atoms with van der Waals surface area (Å²) >= 11 is 0. The van der Waals surface area contributed by atoms with Crippen molar-refractivity contribution in [3.8, 4) is 0 Å². The Hall–Kier alpha value is -2.84. The molecule has 0 fully saturated rings. The molecule has 1 amide bonds. The monoisotopic (exact) mass is 1010 g/mol. The predicted molar refractivity (Wildman–Crippen MR) is 309 cm³/mol. The molecule has 0 saturated heterocycles. The van der Waals surface area contributed by atoms with Crippen LogP contribution in [-0.4, -0.2) is 73.4 Å². The summed E-state index contributed by atoms with van der Waals surface area (Å²) in [6.45, 7) is 4.69. The highest BCUT2D eigenvalue weighted by Gasteiger charge is 2.27. The van der Waals surface area contributed by atoms with E-state index in [2.05, 4.69) is 116 Å². The molecule has 0 aliphatic rings. The van der Waals surface area contributed by atoms with Crippen LogP contribution in [0.3, 0.4) is 0 Å². The number of hydrogen-bond acceptors (Lipinski definition) is 5. The molecule has 3 atom stereocenters. The molecule has 0 aromatic rings. The van der Waals surface area contributed by atoms with Gasteiger partial charge in [0.15, 0.2) is 0 Å². The van der Waals surface area contributed by atoms with E-state index >= 15 is 0 Å². The molecule has 0 saturated carbocycles. The first kappa shape index (κ1) is 68.2. The Balaban J connectivity index is 4.22. The van der Waals surface area contributed by atoms with Gasteiger partial charge >= 0.3 is 7.82 Å². The van der Waals surface area contributed by atoms with Crippen molar-refractivity contribution in [1.82, 2.24) is 5.32 Å². The fourth-order valence-electron chi connectivity index (χ4n) is 7.76. The molecule has 0 aromatic carbocycles. The lowest BCUT2D eigenvalue weighted by Gasteiger charge is -2.25. The van der Waals surface area contributed by atoms with Crippen LogP contribution >= 0.6 is 7.82 Å². The summed E-state index contributed by atoms with van der Waals surface area (Å²) in [6, 6.07) is -0.858. The number of carbonyl (C=O) groups excluding carboxylic acids is 1. The van der Waals surface area contributed by atoms with E-state index in [1.807, 2.05) is 27.2 Å². The number of nitrogens with zero attached hydrogens (tertiary/aromatic N) is 1. The Morgan fingerprint density at radius 3 is 1.24 bits per heavy atom. The summed E-state index contributed by atoms with van der Waals surface area (Å²) in [6.07, 6.45) is 76.1. The third-order valence-electron chi connectivity index (χ3n) is 12.2. The second-order valence-corrected chi connectivity index (χ2v) is 21.7. The number of quaternary nitrogens is 1. The highest BCUT2D eigenvalue weighted by Crippen LogP contribution is 2.43. The lowest BCUT2D eigenvalue weighted by Crippen LogP contribution is -2.45. The van der Waals surface area contributed by atoms with E-state index < -0.39 is 20.0 Å². The molecule has 0 aliphatic carbocycles. The number of carbonyl (C=O) groups is 1. The van der Waals surface area contributed by atoms with E-state index in [-0.39, 0.29) is 19.1 Å². The van der Waals surface area contributed by atoms with Crippen molar-refractivity contribution in [2.24, 2.45) is 0 Å². The normalized spacial score (nSPS) is 14.7. The SMILES string of the molecule is CC/C=C\C/C=C\C/C=C\C/C=C\C/C=C\C/C=C\C/C=C\C/C=C\CCCCCCCCCCC(=O)NC(COP(=O)(O)OCC[N+](C)(C)C)C(O)/C=C/CCCCCCCCCCCCCCCC. The fourth-order valence-corrected chi connectivity index (χ4v) is 8.50. The van der Waals surface area contributed by atoms with Gasteiger partial charge in [-0.3, -0.25) is 13.8 Å². The number of allylic oxidation sites excluding steroid dienone is 17. The molecule has 0 bridgehead atoms. The van der Waals surface area contributed by atoms with E-state index in [1.54, 1.807) is 6.08 Å². The van der Waals surface area contributed by atoms with Crippen molar-refractivity contribution in [3.63, 3.8) is 0 Å². The first-order valence-electron chi connectivity index (χ1n) is 28.8. The number of phosphoric acid groups is 1. The number of aliphatic hydroxyl groups excluding tert-OH is 1. The van der Waals surface area contributed by atoms with E-state index in [9.17, 15) is 19.4 Å². The minimum absolute atomic E-state index is 0.0546. The van der Waals surface area contributed by atoms with Gasteiger partial charge < -0.3 is 19.8 Å². The van der Waals surface area contributed by atoms with Gasteiger partial charge in [0.25, 0.3) is 0 Å². The predicted octanol–water partition coefficient (Wildman–Crippen LogP) is 17.6. The van der Waals surface area contributed by atoms with Crippen LogP contribution in [0.4, 0.5) is 0 Å². The van der Waals surface area contributed by atoms with Crippen molar-refractivity contribution < 1.29 is 32.9 Å². The zero-order valence-corrected chi connectivity index (χ0v) is 47.3. The molecule has 0 aromatic heterocycles. The second kappa shape index (κ2) is 52.0. The molecular formula is C62H110N2O6P+. The Morgan fingerprint density at radius 1 is 0.493 bits per heavy atom. The maximum atomic E-state index is 13.0. The van der Waals surface area contributed by atoms with Crippen LogP contribution in [0, 0.1) is 0 Å². The van der Waals surface area contributed by atoms with Gasteiger partial charge in [-0.25, -0.2) is 4.57 Å². The number of unbranched alkanes of at least 4 members (excludes halogenated alkanes) is 22. The summed E-state index contributed by atoms with van der Waals surface area (Å²) in [5.74, 6) is -0.190. The topological polar surface area (TPSA) is 105 Å². The van der Waals surface area contributed by atoms with Crippen LogP contribution in [0.25, 0.3) is 0 Å². The average Bonchev–Trinajstić information content (AvgIpc) is 3.33. The van der Waals surface area contributed by atoms with Crippen LogP contribution in [-0.2, 0) is 18.4 Å². The fraction of sp³-hybridized carbons (Fsp3) is 0.694. The number of aliphatic hydroxyl groups is 1. The van der Waals surface area contributed by atoms with Crippen molar-refractivity contribution >= 4 is 13.7 Å². The highest BCUT2D eigenvalue weighted by atomic mass is 31.2. The number of nitrogens with one attached hydrogen (secondary N) is 1. The minimum Gasteiger partial charge on any atom is -0.387 e. The minimum atomic E-state index is -4.35. The molecule has 71 heavy (non-hydrogen) atoms. The molecule has 0 rings (SSSR count). The summed E-state index contributed by atoms with van der Waals surface area (Å²) < 4.78 is 23.7. The number of hydrogen-bond donors (Lipinski definition) is 3. The standard InChI is InChI=1S/C62H109N2O6P/c1-6-8-10-12-14-16-18-20-22-24-25-26-27-28-29-30-31-32-33-34-35-36-37-38-39-40-42-44-46-48-50-52-54-56-62(66)63-60(59-70-71(67,68)69-58-57-64(3,4)5)61(65)55-53-51-49-47-45-43-41-23-21-19-17-15-13-11-9-7-2/h8,10,14,16,20,22,25-26,28-29,31-32,34-35,37-38,53,55,60-61,65H,6-7,9,11-13,15,17-19,21,23-24,27,30,33,36,39-52,54,56-59H2,1-5H3,(H-,63,66,67,68)/p+1/b10-8-,16-14-,22-20-,26-25-,29-28-,32-31-,35-34-,38-37-,55-53+. The van der Waals surface area contributed by atoms with E-state index in [0.29, 0.717) is 17.4 Å². The van der Waals surface area contributed by atoms with Gasteiger partial charge in [0.05, 0.1) is 39.9 Å². The molecule has 0 aliphatic heterocycles. The third kappa shape index (κ3) is 54.8. The van der Waals surface area contributed by atoms with E-state index in [0.717, 1.165) is 103 Å². The van der Waals surface area contributed by atoms with Crippen molar-refractivity contribution in [3.05, 3.63) is 109 Å². The third-order valence-corrected chi connectivity index (χ3v) is 13.2. The van der Waals surface area contributed by atoms with Gasteiger partial charge in [-0.2, -0.15) is 0 Å². The molecule has 0 spiro atoms. The molecule has 3 unspecified atom stereocenters. The molecule has 8 nitrogen and oxygen atoms in total. The molecule has 0 heterocycles. The summed E-state index contributed by atoms with van der Waals surface area (Å²) in [7, 11) is 1.55. The van der Waals surface area contributed by atoms with Crippen LogP contribution in [0.5, 0.6) is 0 Å². The van der Waals surface area contributed by atoms with Crippen molar-refractivity contribution in [2.75, 3.05) is 40.9 Å². The summed E-state index contributed by atoms with van der Waals surface area (Å²) in [5, 5.41) is 13.9. The maximum Gasteiger partial charge on any atom is 0.472 e. The van der Waals surface area contributed by atoms with Gasteiger partial charge in [-0.05, 0) is 83.5 Å². The van der Waals surface area contributed by atoms with Crippen molar-refractivity contribution in [2.45, 2.75) is 238 Å². The zero-order chi connectivity index (χ0) is 52.0. The van der Waals surface area contributed by atoms with Gasteiger partial charge in [0.1, 0.15) is 13.2 Å². The van der Waals surface area contributed by atoms with Gasteiger partial charge in [-0.15, -0.1) is 0 Å². The van der Waals surface area contributed by atoms with Crippen LogP contribution in [0.2, 0.25) is 0 Å². The smallest absolute Gasteiger partial charge is 0.387 e. The molecular weight excluding hydrogens is 900 g/mol. The summed E-state index contributed by atoms with van der Waals surface area (Å²) in [5.41, 5.74) is 0. The molecule has 408 valence electrons. The quantitative estimate of drug-likeness (QED) is 0.0243. The second-order valence-electron chi connectivity index (χ2n) is 20.3. The van der Waals surface area contributed by atoms with Crippen LogP contribution in [0.1, 0.15) is 226 Å². The number of likely N-dealkylation sites (N-methyl/N-ethyl adjacent to an activating group) is 1. The van der Waals surface area contributed by atoms with E-state index in [4.69, 9.17) is 9.05 Å². The molecule has 3 N–H and O–H groups in total. The number of amides is 1. The van der Waals surface area contributed by atoms with E-state index in [1.165, 1.54) is 103 Å². The summed E-state index contributed by atoms with van der Waals surface area (Å²) in [4.78, 5) is 23.3. The van der Waals surface area contributed by atoms with Gasteiger partial charge in [0, 0.05) is 6.42 Å². The molecule has 0 radical (unpaired) electrons. The molecule has 9 heteroatoms. The van der Waals surface area contributed by atoms with Crippen LogP contribution < -0.4 is 5.32 Å². The Kier molecular flexibility index (Phi) is 50.0. The zero-order valence-electron chi connectivity index (χ0n) is 46.4. The van der Waals surface area contributed by atoms with Crippen molar-refractivity contribution in [1.29, 1.82) is 0 Å². The number of rotatable bonds is 51. The van der Waals surface area contributed by atoms with Gasteiger partial charge in [0.2, 0.25) is 5.91 Å². The average molecular weight is 1010 g/mol. The first-order valence-corrected chi connectivity index (χ1v) is 30.3. The van der Waals surface area contributed by atoms with Crippen LogP contribution in [0.15, 0.2) is 109 Å². The largest absolute Gasteiger partial charge is 0.472 e.